The Kier molecular flexibility index (Phi) is 5.57. The standard InChI is InChI=1S/C15H15NO4S2/c1-2-5-11(14(18)19)16-13(17)12(22-15(16)21)8-3-6-10-7-4-9-20-10/h3-4,6-9,11H,2,5H2,1H3,(H,18,19)/p-1/b6-3+,12-8-/t11-/m0/s1. The van der Waals surface area contributed by atoms with Crippen LogP contribution in [0.5, 0.6) is 0 Å². The predicted molar refractivity (Wildman–Crippen MR) is 86.6 cm³/mol. The quantitative estimate of drug-likeness (QED) is 0.584. The van der Waals surface area contributed by atoms with E-state index < -0.39 is 17.9 Å². The van der Waals surface area contributed by atoms with Crippen LogP contribution in [0.25, 0.3) is 6.08 Å². The van der Waals surface area contributed by atoms with E-state index in [4.69, 9.17) is 16.6 Å². The van der Waals surface area contributed by atoms with E-state index in [-0.39, 0.29) is 4.32 Å². The van der Waals surface area contributed by atoms with E-state index in [9.17, 15) is 14.7 Å². The van der Waals surface area contributed by atoms with Gasteiger partial charge in [0.15, 0.2) is 0 Å². The van der Waals surface area contributed by atoms with Crippen LogP contribution in [-0.4, -0.2) is 27.1 Å². The van der Waals surface area contributed by atoms with Crippen LogP contribution in [0.3, 0.4) is 0 Å². The van der Waals surface area contributed by atoms with Gasteiger partial charge in [0, 0.05) is 0 Å². The van der Waals surface area contributed by atoms with Crippen molar-refractivity contribution in [1.29, 1.82) is 0 Å². The van der Waals surface area contributed by atoms with Gasteiger partial charge in [0.1, 0.15) is 10.1 Å². The molecule has 0 unspecified atom stereocenters. The zero-order chi connectivity index (χ0) is 16.1. The molecule has 1 aromatic rings. The van der Waals surface area contributed by atoms with Gasteiger partial charge in [0.25, 0.3) is 5.91 Å². The molecule has 1 aliphatic rings. The number of thioether (sulfide) groups is 1. The van der Waals surface area contributed by atoms with Crippen molar-refractivity contribution in [3.05, 3.63) is 41.2 Å². The summed E-state index contributed by atoms with van der Waals surface area (Å²) in [6, 6.07) is 2.52. The molecular weight excluding hydrogens is 322 g/mol. The Morgan fingerprint density at radius 1 is 1.59 bits per heavy atom. The Morgan fingerprint density at radius 2 is 2.36 bits per heavy atom. The van der Waals surface area contributed by atoms with Crippen LogP contribution in [-0.2, 0) is 9.59 Å². The summed E-state index contributed by atoms with van der Waals surface area (Å²) in [5.41, 5.74) is 0. The Labute approximate surface area is 137 Å². The summed E-state index contributed by atoms with van der Waals surface area (Å²) in [4.78, 5) is 25.1. The lowest BCUT2D eigenvalue weighted by Crippen LogP contribution is -2.49. The van der Waals surface area contributed by atoms with Gasteiger partial charge in [-0.25, -0.2) is 0 Å². The Bertz CT molecular complexity index is 634. The van der Waals surface area contributed by atoms with Crippen molar-refractivity contribution in [3.8, 4) is 0 Å². The molecule has 0 radical (unpaired) electrons. The molecule has 2 heterocycles. The normalized spacial score (nSPS) is 18.6. The Morgan fingerprint density at radius 3 is 2.95 bits per heavy atom. The summed E-state index contributed by atoms with van der Waals surface area (Å²) in [7, 11) is 0. The lowest BCUT2D eigenvalue weighted by Gasteiger charge is -2.27. The van der Waals surface area contributed by atoms with Crippen molar-refractivity contribution in [1.82, 2.24) is 4.90 Å². The summed E-state index contributed by atoms with van der Waals surface area (Å²) in [6.45, 7) is 1.84. The van der Waals surface area contributed by atoms with Crippen LogP contribution in [0.1, 0.15) is 25.5 Å². The average Bonchev–Trinajstić information content (AvgIpc) is 3.06. The van der Waals surface area contributed by atoms with Gasteiger partial charge in [-0.15, -0.1) is 0 Å². The molecule has 1 aromatic heterocycles. The molecule has 0 aliphatic carbocycles. The minimum absolute atomic E-state index is 0.241. The number of hydrogen-bond donors (Lipinski definition) is 0. The van der Waals surface area contributed by atoms with Crippen LogP contribution in [0.2, 0.25) is 0 Å². The average molecular weight is 336 g/mol. The summed E-state index contributed by atoms with van der Waals surface area (Å²) in [5, 5.41) is 11.2. The molecule has 7 heteroatoms. The summed E-state index contributed by atoms with van der Waals surface area (Å²) >= 11 is 6.21. The largest absolute Gasteiger partial charge is 0.548 e. The number of aliphatic carboxylic acids is 1. The second-order valence-electron chi connectivity index (χ2n) is 4.57. The minimum Gasteiger partial charge on any atom is -0.548 e. The van der Waals surface area contributed by atoms with Crippen LogP contribution < -0.4 is 5.11 Å². The number of hydrogen-bond acceptors (Lipinski definition) is 6. The van der Waals surface area contributed by atoms with Crippen LogP contribution in [0.4, 0.5) is 0 Å². The molecule has 1 aliphatic heterocycles. The third kappa shape index (κ3) is 3.66. The van der Waals surface area contributed by atoms with Crippen molar-refractivity contribution < 1.29 is 19.1 Å². The molecule has 1 saturated heterocycles. The molecular formula is C15H14NO4S2-. The van der Waals surface area contributed by atoms with Gasteiger partial charge in [0.2, 0.25) is 0 Å². The number of allylic oxidation sites excluding steroid dienone is 2. The minimum atomic E-state index is -1.29. The molecule has 1 atom stereocenters. The Hall–Kier alpha value is -1.86. The van der Waals surface area contributed by atoms with Crippen LogP contribution in [0, 0.1) is 0 Å². The lowest BCUT2D eigenvalue weighted by molar-refractivity contribution is -0.310. The summed E-state index contributed by atoms with van der Waals surface area (Å²) in [6.07, 6.45) is 7.44. The highest BCUT2D eigenvalue weighted by molar-refractivity contribution is 8.26. The van der Waals surface area contributed by atoms with Crippen molar-refractivity contribution in [2.75, 3.05) is 0 Å². The van der Waals surface area contributed by atoms with E-state index in [1.54, 1.807) is 36.6 Å². The zero-order valence-electron chi connectivity index (χ0n) is 11.9. The fourth-order valence-corrected chi connectivity index (χ4v) is 3.31. The topological polar surface area (TPSA) is 73.6 Å². The van der Waals surface area contributed by atoms with Crippen molar-refractivity contribution in [2.24, 2.45) is 0 Å². The number of furan rings is 1. The monoisotopic (exact) mass is 336 g/mol. The van der Waals surface area contributed by atoms with Gasteiger partial charge in [0.05, 0.1) is 23.2 Å². The first-order chi connectivity index (χ1) is 10.5. The third-order valence-corrected chi connectivity index (χ3v) is 4.37. The van der Waals surface area contributed by atoms with E-state index in [1.807, 2.05) is 6.92 Å². The first kappa shape index (κ1) is 16.5. The van der Waals surface area contributed by atoms with E-state index in [1.165, 1.54) is 0 Å². The smallest absolute Gasteiger partial charge is 0.266 e. The number of amides is 1. The first-order valence-electron chi connectivity index (χ1n) is 6.72. The van der Waals surface area contributed by atoms with E-state index in [0.717, 1.165) is 16.7 Å². The zero-order valence-corrected chi connectivity index (χ0v) is 13.5. The first-order valence-corrected chi connectivity index (χ1v) is 7.95. The van der Waals surface area contributed by atoms with Crippen LogP contribution >= 0.6 is 24.0 Å². The summed E-state index contributed by atoms with van der Waals surface area (Å²) < 4.78 is 5.38. The number of carboxylic acids is 1. The lowest BCUT2D eigenvalue weighted by atomic mass is 10.1. The van der Waals surface area contributed by atoms with Crippen LogP contribution in [0.15, 0.2) is 39.9 Å². The molecule has 5 nitrogen and oxygen atoms in total. The van der Waals surface area contributed by atoms with Gasteiger partial charge in [-0.05, 0) is 30.7 Å². The number of carbonyl (C=O) groups is 2. The van der Waals surface area contributed by atoms with Crippen molar-refractivity contribution >= 4 is 46.3 Å². The molecule has 2 rings (SSSR count). The van der Waals surface area contributed by atoms with E-state index in [0.29, 0.717) is 23.5 Å². The molecule has 0 bridgehead atoms. The van der Waals surface area contributed by atoms with Crippen molar-refractivity contribution in [3.63, 3.8) is 0 Å². The molecule has 0 aromatic carbocycles. The maximum Gasteiger partial charge on any atom is 0.266 e. The van der Waals surface area contributed by atoms with Gasteiger partial charge >= 0.3 is 0 Å². The maximum absolute atomic E-state index is 12.3. The Balaban J connectivity index is 2.15. The second kappa shape index (κ2) is 7.42. The third-order valence-electron chi connectivity index (χ3n) is 3.02. The number of carbonyl (C=O) groups excluding carboxylic acids is 2. The SMILES string of the molecule is CCC[C@@H](C(=O)[O-])N1C(=O)/C(=C/C=C/c2ccco2)SC1=S. The molecule has 0 saturated carbocycles. The fraction of sp³-hybridized carbons (Fsp3) is 0.267. The molecule has 1 amide bonds. The van der Waals surface area contributed by atoms with Gasteiger partial charge in [-0.2, -0.15) is 0 Å². The van der Waals surface area contributed by atoms with Crippen molar-refractivity contribution in [2.45, 2.75) is 25.8 Å². The van der Waals surface area contributed by atoms with Gasteiger partial charge in [-0.1, -0.05) is 43.4 Å². The highest BCUT2D eigenvalue weighted by Gasteiger charge is 2.37. The predicted octanol–water partition coefficient (Wildman–Crippen LogP) is 1.96. The molecule has 0 spiro atoms. The highest BCUT2D eigenvalue weighted by atomic mass is 32.2. The molecule has 0 N–H and O–H groups in total. The van der Waals surface area contributed by atoms with E-state index >= 15 is 0 Å². The second-order valence-corrected chi connectivity index (χ2v) is 6.25. The number of carboxylic acid groups (broad SMARTS) is 1. The van der Waals surface area contributed by atoms with E-state index in [2.05, 4.69) is 0 Å². The molecule has 1 fully saturated rings. The summed E-state index contributed by atoms with van der Waals surface area (Å²) in [5.74, 6) is -1.03. The number of nitrogens with zero attached hydrogens (tertiary/aromatic N) is 1. The van der Waals surface area contributed by atoms with Gasteiger partial charge < -0.3 is 14.3 Å². The maximum atomic E-state index is 12.3. The fourth-order valence-electron chi connectivity index (χ4n) is 2.00. The number of thiocarbonyl (C=S) groups is 1. The molecule has 22 heavy (non-hydrogen) atoms. The highest BCUT2D eigenvalue weighted by Crippen LogP contribution is 2.33. The number of rotatable bonds is 6. The van der Waals surface area contributed by atoms with Gasteiger partial charge in [-0.3, -0.25) is 9.69 Å². The molecule has 116 valence electrons.